The molecule has 0 aliphatic carbocycles. The summed E-state index contributed by atoms with van der Waals surface area (Å²) in [6, 6.07) is 7.19. The average molecular weight is 339 g/mol. The van der Waals surface area contributed by atoms with Gasteiger partial charge in [-0.3, -0.25) is 4.79 Å². The minimum atomic E-state index is -0.620. The van der Waals surface area contributed by atoms with Gasteiger partial charge < -0.3 is 10.1 Å². The maximum atomic E-state index is 11.8. The summed E-state index contributed by atoms with van der Waals surface area (Å²) >= 11 is 3.30. The predicted octanol–water partition coefficient (Wildman–Crippen LogP) is 3.39. The number of nitriles is 1. The second-order valence-electron chi connectivity index (χ2n) is 4.51. The van der Waals surface area contributed by atoms with Crippen molar-refractivity contribution < 1.29 is 9.53 Å². The lowest BCUT2D eigenvalue weighted by atomic mass is 10.2. The third-order valence-corrected chi connectivity index (χ3v) is 3.31. The number of carbonyl (C=O) groups is 1. The molecule has 0 aromatic heterocycles. The molecule has 1 aromatic carbocycles. The molecule has 1 unspecified atom stereocenters. The molecule has 0 fully saturated rings. The van der Waals surface area contributed by atoms with Gasteiger partial charge in [-0.1, -0.05) is 35.7 Å². The Morgan fingerprint density at radius 1 is 1.50 bits per heavy atom. The minimum Gasteiger partial charge on any atom is -0.480 e. The fourth-order valence-electron chi connectivity index (χ4n) is 1.67. The molecule has 1 rings (SSSR count). The third kappa shape index (κ3) is 5.22. The number of benzene rings is 1. The number of unbranched alkanes of at least 4 members (excludes halogenated alkanes) is 2. The highest BCUT2D eigenvalue weighted by atomic mass is 79.9. The predicted molar refractivity (Wildman–Crippen MR) is 81.5 cm³/mol. The van der Waals surface area contributed by atoms with Crippen LogP contribution >= 0.6 is 15.9 Å². The molecule has 0 aliphatic rings. The van der Waals surface area contributed by atoms with Crippen LogP contribution in [-0.4, -0.2) is 18.6 Å². The summed E-state index contributed by atoms with van der Waals surface area (Å²) in [5.74, 6) is 0.264. The normalized spacial score (nSPS) is 11.5. The highest BCUT2D eigenvalue weighted by molar-refractivity contribution is 9.10. The Balaban J connectivity index is 2.55. The summed E-state index contributed by atoms with van der Waals surface area (Å²) in [5.41, 5.74) is 0.407. The van der Waals surface area contributed by atoms with Crippen molar-refractivity contribution in [2.24, 2.45) is 0 Å². The molecule has 1 amide bonds. The van der Waals surface area contributed by atoms with Crippen molar-refractivity contribution in [2.45, 2.75) is 39.2 Å². The largest absolute Gasteiger partial charge is 0.480 e. The number of hydrogen-bond acceptors (Lipinski definition) is 3. The van der Waals surface area contributed by atoms with Crippen LogP contribution in [0, 0.1) is 11.3 Å². The van der Waals surface area contributed by atoms with Gasteiger partial charge in [0.05, 0.1) is 5.56 Å². The zero-order chi connectivity index (χ0) is 15.0. The lowest BCUT2D eigenvalue weighted by molar-refractivity contribution is -0.127. The smallest absolute Gasteiger partial charge is 0.260 e. The number of amides is 1. The van der Waals surface area contributed by atoms with Crippen LogP contribution in [0.4, 0.5) is 0 Å². The molecular formula is C15H19BrN2O2. The molecule has 108 valence electrons. The van der Waals surface area contributed by atoms with Crippen LogP contribution in [0.1, 0.15) is 38.7 Å². The van der Waals surface area contributed by atoms with E-state index in [1.54, 1.807) is 25.1 Å². The van der Waals surface area contributed by atoms with Gasteiger partial charge in [0, 0.05) is 11.0 Å². The first-order valence-electron chi connectivity index (χ1n) is 6.72. The van der Waals surface area contributed by atoms with Crippen molar-refractivity contribution >= 4 is 21.8 Å². The standard InChI is InChI=1S/C15H19BrN2O2/c1-3-4-5-8-18-15(19)11(2)20-14-7-6-13(16)9-12(14)10-17/h6-7,9,11H,3-5,8H2,1-2H3,(H,18,19). The van der Waals surface area contributed by atoms with Crippen LogP contribution < -0.4 is 10.1 Å². The van der Waals surface area contributed by atoms with Gasteiger partial charge in [0.2, 0.25) is 0 Å². The maximum absolute atomic E-state index is 11.8. The van der Waals surface area contributed by atoms with Gasteiger partial charge in [-0.2, -0.15) is 5.26 Å². The van der Waals surface area contributed by atoms with E-state index in [2.05, 4.69) is 34.2 Å². The first-order valence-corrected chi connectivity index (χ1v) is 7.51. The molecule has 20 heavy (non-hydrogen) atoms. The Hall–Kier alpha value is -1.54. The Morgan fingerprint density at radius 3 is 2.90 bits per heavy atom. The Kier molecular flexibility index (Phi) is 7.10. The lowest BCUT2D eigenvalue weighted by Crippen LogP contribution is -2.36. The molecule has 0 saturated carbocycles. The van der Waals surface area contributed by atoms with Gasteiger partial charge >= 0.3 is 0 Å². The van der Waals surface area contributed by atoms with Gasteiger partial charge in [0.15, 0.2) is 6.10 Å². The summed E-state index contributed by atoms with van der Waals surface area (Å²) in [7, 11) is 0. The molecule has 0 aliphatic heterocycles. The van der Waals surface area contributed by atoms with E-state index < -0.39 is 6.10 Å². The fourth-order valence-corrected chi connectivity index (χ4v) is 2.03. The van der Waals surface area contributed by atoms with Crippen LogP contribution in [0.5, 0.6) is 5.75 Å². The van der Waals surface area contributed by atoms with E-state index in [0.29, 0.717) is 17.9 Å². The SMILES string of the molecule is CCCCCNC(=O)C(C)Oc1ccc(Br)cc1C#N. The van der Waals surface area contributed by atoms with Crippen molar-refractivity contribution in [3.63, 3.8) is 0 Å². The topological polar surface area (TPSA) is 62.1 Å². The summed E-state index contributed by atoms with van der Waals surface area (Å²) in [5, 5.41) is 11.9. The molecule has 0 bridgehead atoms. The zero-order valence-electron chi connectivity index (χ0n) is 11.8. The molecule has 0 spiro atoms. The van der Waals surface area contributed by atoms with Crippen molar-refractivity contribution in [2.75, 3.05) is 6.54 Å². The van der Waals surface area contributed by atoms with Gasteiger partial charge in [-0.15, -0.1) is 0 Å². The summed E-state index contributed by atoms with van der Waals surface area (Å²) in [4.78, 5) is 11.8. The summed E-state index contributed by atoms with van der Waals surface area (Å²) in [6.07, 6.45) is 2.56. The molecule has 0 heterocycles. The summed E-state index contributed by atoms with van der Waals surface area (Å²) in [6.45, 7) is 4.45. The second kappa shape index (κ2) is 8.60. The maximum Gasteiger partial charge on any atom is 0.260 e. The first-order chi connectivity index (χ1) is 9.58. The van der Waals surface area contributed by atoms with Crippen LogP contribution in [0.2, 0.25) is 0 Å². The van der Waals surface area contributed by atoms with Crippen molar-refractivity contribution in [3.8, 4) is 11.8 Å². The van der Waals surface area contributed by atoms with E-state index in [0.717, 1.165) is 23.7 Å². The Morgan fingerprint density at radius 2 is 2.25 bits per heavy atom. The van der Waals surface area contributed by atoms with E-state index in [-0.39, 0.29) is 5.91 Å². The number of halogens is 1. The van der Waals surface area contributed by atoms with E-state index in [9.17, 15) is 4.79 Å². The second-order valence-corrected chi connectivity index (χ2v) is 5.43. The number of nitrogens with zero attached hydrogens (tertiary/aromatic N) is 1. The van der Waals surface area contributed by atoms with Gasteiger partial charge in [-0.25, -0.2) is 0 Å². The van der Waals surface area contributed by atoms with Crippen LogP contribution in [-0.2, 0) is 4.79 Å². The van der Waals surface area contributed by atoms with E-state index in [1.165, 1.54) is 0 Å². The molecule has 1 aromatic rings. The molecule has 0 saturated heterocycles. The lowest BCUT2D eigenvalue weighted by Gasteiger charge is -2.15. The molecule has 5 heteroatoms. The quantitative estimate of drug-likeness (QED) is 0.775. The van der Waals surface area contributed by atoms with Crippen LogP contribution in [0.3, 0.4) is 0 Å². The fraction of sp³-hybridized carbons (Fsp3) is 0.467. The van der Waals surface area contributed by atoms with Gasteiger partial charge in [0.25, 0.3) is 5.91 Å². The van der Waals surface area contributed by atoms with Crippen molar-refractivity contribution in [1.82, 2.24) is 5.32 Å². The number of rotatable bonds is 7. The van der Waals surface area contributed by atoms with Gasteiger partial charge in [0.1, 0.15) is 11.8 Å². The van der Waals surface area contributed by atoms with E-state index in [1.807, 2.05) is 0 Å². The highest BCUT2D eigenvalue weighted by Crippen LogP contribution is 2.23. The molecule has 1 N–H and O–H groups in total. The molecule has 0 radical (unpaired) electrons. The van der Waals surface area contributed by atoms with E-state index in [4.69, 9.17) is 10.00 Å². The zero-order valence-corrected chi connectivity index (χ0v) is 13.4. The summed E-state index contributed by atoms with van der Waals surface area (Å²) < 4.78 is 6.36. The molecular weight excluding hydrogens is 320 g/mol. The monoisotopic (exact) mass is 338 g/mol. The first kappa shape index (κ1) is 16.5. The van der Waals surface area contributed by atoms with E-state index >= 15 is 0 Å². The van der Waals surface area contributed by atoms with Crippen LogP contribution in [0.15, 0.2) is 22.7 Å². The number of ether oxygens (including phenoxy) is 1. The Bertz CT molecular complexity index is 497. The molecule has 4 nitrogen and oxygen atoms in total. The number of carbonyl (C=O) groups excluding carboxylic acids is 1. The average Bonchev–Trinajstić information content (AvgIpc) is 2.45. The third-order valence-electron chi connectivity index (χ3n) is 2.81. The highest BCUT2D eigenvalue weighted by Gasteiger charge is 2.16. The van der Waals surface area contributed by atoms with Gasteiger partial charge in [-0.05, 0) is 31.5 Å². The number of nitrogens with one attached hydrogen (secondary N) is 1. The van der Waals surface area contributed by atoms with Crippen molar-refractivity contribution in [3.05, 3.63) is 28.2 Å². The van der Waals surface area contributed by atoms with Crippen LogP contribution in [0.25, 0.3) is 0 Å². The number of hydrogen-bond donors (Lipinski definition) is 1. The minimum absolute atomic E-state index is 0.159. The molecule has 1 atom stereocenters. The van der Waals surface area contributed by atoms with Crippen molar-refractivity contribution in [1.29, 1.82) is 5.26 Å². The Labute approximate surface area is 128 Å².